The van der Waals surface area contributed by atoms with Crippen molar-refractivity contribution in [2.75, 3.05) is 6.61 Å². The van der Waals surface area contributed by atoms with E-state index in [0.717, 1.165) is 5.56 Å². The van der Waals surface area contributed by atoms with E-state index in [1.165, 1.54) is 12.1 Å². The quantitative estimate of drug-likeness (QED) is 0.803. The fourth-order valence-corrected chi connectivity index (χ4v) is 2.63. The summed E-state index contributed by atoms with van der Waals surface area (Å²) < 4.78 is 41.7. The van der Waals surface area contributed by atoms with Crippen molar-refractivity contribution >= 4 is 30.3 Å². The molecule has 0 bridgehead atoms. The van der Waals surface area contributed by atoms with Gasteiger partial charge in [0.25, 0.3) is 0 Å². The van der Waals surface area contributed by atoms with Gasteiger partial charge in [-0.3, -0.25) is 0 Å². The molecule has 1 heterocycles. The normalized spacial score (nSPS) is 21.0. The molecule has 0 radical (unpaired) electrons. The second kappa shape index (κ2) is 6.36. The molecule has 0 aromatic heterocycles. The van der Waals surface area contributed by atoms with Crippen LogP contribution in [0.5, 0.6) is 0 Å². The molecule has 1 N–H and O–H groups in total. The number of benzene rings is 1. The maximum Gasteiger partial charge on any atom is 0.446 e. The van der Waals surface area contributed by atoms with Gasteiger partial charge in [-0.15, -0.1) is 12.4 Å². The Bertz CT molecular complexity index is 505. The van der Waals surface area contributed by atoms with Gasteiger partial charge in [0.2, 0.25) is 0 Å². The average molecular weight is 342 g/mol. The first-order valence-corrected chi connectivity index (χ1v) is 6.78. The number of alkyl carbamates (subject to hydrolysis) is 1. The number of amides is 1. The Kier molecular flexibility index (Phi) is 5.44. The van der Waals surface area contributed by atoms with Crippen molar-refractivity contribution in [3.05, 3.63) is 29.8 Å². The fraction of sp³-hybridized carbons (Fsp3) is 0.462. The smallest absolute Gasteiger partial charge is 0.446 e. The van der Waals surface area contributed by atoms with Crippen LogP contribution in [-0.4, -0.2) is 18.2 Å². The number of carbonyl (C=O) groups is 1. The second-order valence-corrected chi connectivity index (χ2v) is 6.40. The molecule has 0 saturated carbocycles. The minimum Gasteiger partial charge on any atom is -0.449 e. The van der Waals surface area contributed by atoms with Crippen molar-refractivity contribution in [1.82, 2.24) is 5.32 Å². The van der Waals surface area contributed by atoms with Gasteiger partial charge in [-0.1, -0.05) is 26.0 Å². The summed E-state index contributed by atoms with van der Waals surface area (Å²) in [7, 11) is 0. The van der Waals surface area contributed by atoms with E-state index in [1.54, 1.807) is 12.1 Å². The first-order chi connectivity index (χ1) is 9.17. The highest BCUT2D eigenvalue weighted by atomic mass is 35.5. The molecule has 0 unspecified atom stereocenters. The molecule has 1 saturated heterocycles. The molecule has 2 rings (SSSR count). The van der Waals surface area contributed by atoms with Gasteiger partial charge in [0.1, 0.15) is 6.61 Å². The van der Waals surface area contributed by atoms with Gasteiger partial charge in [0, 0.05) is 10.3 Å². The average Bonchev–Trinajstić information content (AvgIpc) is 2.32. The number of cyclic esters (lactones) is 1. The van der Waals surface area contributed by atoms with Crippen molar-refractivity contribution in [2.24, 2.45) is 5.41 Å². The van der Waals surface area contributed by atoms with Gasteiger partial charge in [-0.25, -0.2) is 4.79 Å². The summed E-state index contributed by atoms with van der Waals surface area (Å²) in [4.78, 5) is 11.4. The topological polar surface area (TPSA) is 38.3 Å². The van der Waals surface area contributed by atoms with Crippen molar-refractivity contribution < 1.29 is 22.7 Å². The third-order valence-corrected chi connectivity index (χ3v) is 3.81. The fourth-order valence-electron chi connectivity index (χ4n) is 2.09. The number of nitrogens with one attached hydrogen (secondary N) is 1. The Labute approximate surface area is 131 Å². The number of hydrogen-bond acceptors (Lipinski definition) is 3. The molecular weight excluding hydrogens is 327 g/mol. The SMILES string of the molecule is CC1(C)COC(=O)N[C@@H]1c1ccc(SC(F)(F)F)cc1.Cl. The summed E-state index contributed by atoms with van der Waals surface area (Å²) in [6.45, 7) is 4.12. The Balaban J connectivity index is 0.00000220. The summed E-state index contributed by atoms with van der Waals surface area (Å²) in [5, 5.41) is 2.70. The summed E-state index contributed by atoms with van der Waals surface area (Å²) in [5.41, 5.74) is -3.86. The van der Waals surface area contributed by atoms with Crippen LogP contribution in [0.4, 0.5) is 18.0 Å². The molecule has 118 valence electrons. The second-order valence-electron chi connectivity index (χ2n) is 5.26. The van der Waals surface area contributed by atoms with E-state index in [1.807, 2.05) is 13.8 Å². The summed E-state index contributed by atoms with van der Waals surface area (Å²) in [5.74, 6) is 0. The van der Waals surface area contributed by atoms with Gasteiger partial charge >= 0.3 is 11.6 Å². The first kappa shape index (κ1) is 18.0. The molecule has 8 heteroatoms. The lowest BCUT2D eigenvalue weighted by Crippen LogP contribution is -2.46. The van der Waals surface area contributed by atoms with Crippen molar-refractivity contribution in [3.8, 4) is 0 Å². The molecule has 1 amide bonds. The predicted octanol–water partition coefficient (Wildman–Crippen LogP) is 4.53. The molecule has 1 aliphatic rings. The lowest BCUT2D eigenvalue weighted by Gasteiger charge is -2.38. The molecule has 1 fully saturated rings. The molecule has 3 nitrogen and oxygen atoms in total. The van der Waals surface area contributed by atoms with E-state index in [0.29, 0.717) is 0 Å². The highest BCUT2D eigenvalue weighted by molar-refractivity contribution is 8.00. The Morgan fingerprint density at radius 1 is 1.29 bits per heavy atom. The first-order valence-electron chi connectivity index (χ1n) is 5.96. The van der Waals surface area contributed by atoms with Gasteiger partial charge in [0.05, 0.1) is 6.04 Å². The summed E-state index contributed by atoms with van der Waals surface area (Å²) in [6, 6.07) is 5.74. The zero-order valence-corrected chi connectivity index (χ0v) is 13.0. The third kappa shape index (κ3) is 4.71. The largest absolute Gasteiger partial charge is 0.449 e. The van der Waals surface area contributed by atoms with Gasteiger partial charge < -0.3 is 10.1 Å². The monoisotopic (exact) mass is 341 g/mol. The van der Waals surface area contributed by atoms with Crippen LogP contribution < -0.4 is 5.32 Å². The predicted molar refractivity (Wildman–Crippen MR) is 76.6 cm³/mol. The molecular formula is C13H15ClF3NO2S. The van der Waals surface area contributed by atoms with Gasteiger partial charge in [0.15, 0.2) is 0 Å². The van der Waals surface area contributed by atoms with E-state index in [4.69, 9.17) is 4.74 Å². The minimum atomic E-state index is -4.30. The zero-order valence-electron chi connectivity index (χ0n) is 11.4. The van der Waals surface area contributed by atoms with E-state index >= 15 is 0 Å². The van der Waals surface area contributed by atoms with E-state index in [-0.39, 0.29) is 47.1 Å². The van der Waals surface area contributed by atoms with Crippen molar-refractivity contribution in [1.29, 1.82) is 0 Å². The number of rotatable bonds is 2. The lowest BCUT2D eigenvalue weighted by atomic mass is 9.80. The Hall–Kier alpha value is -1.08. The number of hydrogen-bond donors (Lipinski definition) is 1. The minimum absolute atomic E-state index is 0. The van der Waals surface area contributed by atoms with Gasteiger partial charge in [-0.05, 0) is 29.5 Å². The van der Waals surface area contributed by atoms with Crippen LogP contribution in [0.1, 0.15) is 25.5 Å². The van der Waals surface area contributed by atoms with Gasteiger partial charge in [-0.2, -0.15) is 13.2 Å². The highest BCUT2D eigenvalue weighted by Crippen LogP contribution is 2.39. The molecule has 1 aromatic rings. The van der Waals surface area contributed by atoms with Crippen LogP contribution in [0, 0.1) is 5.41 Å². The summed E-state index contributed by atoms with van der Waals surface area (Å²) in [6.07, 6.45) is -0.511. The number of carbonyl (C=O) groups excluding carboxylic acids is 1. The molecule has 1 aliphatic heterocycles. The van der Waals surface area contributed by atoms with Crippen molar-refractivity contribution in [3.63, 3.8) is 0 Å². The molecule has 1 atom stereocenters. The van der Waals surface area contributed by atoms with E-state index in [2.05, 4.69) is 5.32 Å². The lowest BCUT2D eigenvalue weighted by molar-refractivity contribution is -0.0328. The Morgan fingerprint density at radius 3 is 2.38 bits per heavy atom. The number of thioether (sulfide) groups is 1. The number of halogens is 4. The number of alkyl halides is 3. The maximum atomic E-state index is 12.3. The maximum absolute atomic E-state index is 12.3. The van der Waals surface area contributed by atoms with E-state index in [9.17, 15) is 18.0 Å². The Morgan fingerprint density at radius 2 is 1.86 bits per heavy atom. The molecule has 1 aromatic carbocycles. The number of ether oxygens (including phenoxy) is 1. The summed E-state index contributed by atoms with van der Waals surface area (Å²) >= 11 is -0.155. The van der Waals surface area contributed by atoms with Crippen molar-refractivity contribution in [2.45, 2.75) is 30.3 Å². The van der Waals surface area contributed by atoms with Crippen LogP contribution in [0.3, 0.4) is 0 Å². The molecule has 0 spiro atoms. The molecule has 0 aliphatic carbocycles. The van der Waals surface area contributed by atoms with Crippen LogP contribution >= 0.6 is 24.2 Å². The van der Waals surface area contributed by atoms with Crippen LogP contribution in [-0.2, 0) is 4.74 Å². The highest BCUT2D eigenvalue weighted by Gasteiger charge is 2.38. The third-order valence-electron chi connectivity index (χ3n) is 3.07. The zero-order chi connectivity index (χ0) is 15.0. The molecule has 21 heavy (non-hydrogen) atoms. The van der Waals surface area contributed by atoms with Crippen LogP contribution in [0.2, 0.25) is 0 Å². The standard InChI is InChI=1S/C13H14F3NO2S.ClH/c1-12(2)7-19-11(18)17-10(12)8-3-5-9(6-4-8)20-13(14,15)16;/h3-6,10H,7H2,1-2H3,(H,17,18);1H/t10-;/m1./s1. The van der Waals surface area contributed by atoms with Crippen LogP contribution in [0.15, 0.2) is 29.2 Å². The van der Waals surface area contributed by atoms with Crippen LogP contribution in [0.25, 0.3) is 0 Å². The van der Waals surface area contributed by atoms with E-state index < -0.39 is 11.6 Å².